The maximum absolute atomic E-state index is 13.0. The number of nitro groups is 1. The van der Waals surface area contributed by atoms with Crippen molar-refractivity contribution < 1.29 is 14.1 Å². The van der Waals surface area contributed by atoms with Crippen LogP contribution in [-0.4, -0.2) is 53.7 Å². The lowest BCUT2D eigenvalue weighted by molar-refractivity contribution is -0.384. The van der Waals surface area contributed by atoms with Gasteiger partial charge in [-0.15, -0.1) is 24.2 Å². The SMILES string of the molecule is CN(C)CCCN(C(=O)CCSc1ccc(F)cc1)c1nc2ccc([N+](=O)[O-])cc2s1.Cl. The molecule has 0 atom stereocenters. The van der Waals surface area contributed by atoms with E-state index < -0.39 is 4.92 Å². The van der Waals surface area contributed by atoms with Crippen LogP contribution in [0.3, 0.4) is 0 Å². The number of fused-ring (bicyclic) bond motifs is 1. The van der Waals surface area contributed by atoms with Gasteiger partial charge in [-0.25, -0.2) is 9.37 Å². The summed E-state index contributed by atoms with van der Waals surface area (Å²) < 4.78 is 13.7. The fraction of sp³-hybridized carbons (Fsp3) is 0.333. The molecule has 0 aliphatic carbocycles. The minimum Gasteiger partial charge on any atom is -0.309 e. The van der Waals surface area contributed by atoms with Gasteiger partial charge in [0.25, 0.3) is 5.69 Å². The molecular weight excluding hydrogens is 475 g/mol. The Morgan fingerprint density at radius 3 is 2.56 bits per heavy atom. The third kappa shape index (κ3) is 7.13. The fourth-order valence-corrected chi connectivity index (χ4v) is 4.81. The molecule has 3 rings (SSSR count). The van der Waals surface area contributed by atoms with Crippen LogP contribution in [-0.2, 0) is 4.79 Å². The van der Waals surface area contributed by atoms with Crippen LogP contribution in [0.15, 0.2) is 47.4 Å². The second-order valence-corrected chi connectivity index (χ2v) is 9.34. The molecule has 0 aliphatic rings. The van der Waals surface area contributed by atoms with E-state index in [2.05, 4.69) is 9.88 Å². The standard InChI is InChI=1S/C21H23FN4O3S2.ClH/c1-24(2)11-3-12-25(20(27)10-13-30-17-7-4-15(22)5-8-17)21-23-18-9-6-16(26(28)29)14-19(18)31-21;/h4-9,14H,3,10-13H2,1-2H3;1H. The molecule has 0 unspecified atom stereocenters. The van der Waals surface area contributed by atoms with E-state index in [1.165, 1.54) is 47.4 Å². The van der Waals surface area contributed by atoms with Crippen molar-refractivity contribution in [3.8, 4) is 0 Å². The van der Waals surface area contributed by atoms with Crippen LogP contribution in [0.25, 0.3) is 10.2 Å². The van der Waals surface area contributed by atoms with Gasteiger partial charge in [0, 0.05) is 35.7 Å². The molecule has 0 bridgehead atoms. The van der Waals surface area contributed by atoms with Crippen LogP contribution >= 0.6 is 35.5 Å². The van der Waals surface area contributed by atoms with Crippen LogP contribution in [0.5, 0.6) is 0 Å². The Hall–Kier alpha value is -2.27. The first-order valence-electron chi connectivity index (χ1n) is 9.72. The highest BCUT2D eigenvalue weighted by Gasteiger charge is 2.20. The van der Waals surface area contributed by atoms with E-state index in [1.807, 2.05) is 14.1 Å². The van der Waals surface area contributed by atoms with Gasteiger partial charge in [0.1, 0.15) is 5.82 Å². The third-order valence-corrected chi connectivity index (χ3v) is 6.54. The number of benzene rings is 2. The number of hydrogen-bond acceptors (Lipinski definition) is 7. The van der Waals surface area contributed by atoms with E-state index in [4.69, 9.17) is 0 Å². The van der Waals surface area contributed by atoms with Crippen molar-refractivity contribution in [2.75, 3.05) is 37.8 Å². The average Bonchev–Trinajstić information content (AvgIpc) is 3.15. The van der Waals surface area contributed by atoms with Gasteiger partial charge in [-0.1, -0.05) is 11.3 Å². The highest BCUT2D eigenvalue weighted by Crippen LogP contribution is 2.32. The number of thioether (sulfide) groups is 1. The lowest BCUT2D eigenvalue weighted by atomic mass is 10.3. The molecule has 0 radical (unpaired) electrons. The largest absolute Gasteiger partial charge is 0.309 e. The Morgan fingerprint density at radius 2 is 1.91 bits per heavy atom. The zero-order valence-corrected chi connectivity index (χ0v) is 20.1. The summed E-state index contributed by atoms with van der Waals surface area (Å²) in [4.78, 5) is 32.8. The Labute approximate surface area is 200 Å². The molecule has 1 amide bonds. The number of nitro benzene ring substituents is 1. The van der Waals surface area contributed by atoms with Gasteiger partial charge in [0.05, 0.1) is 15.1 Å². The first-order valence-corrected chi connectivity index (χ1v) is 11.5. The maximum atomic E-state index is 13.0. The number of amides is 1. The molecule has 0 saturated carbocycles. The van der Waals surface area contributed by atoms with Crippen LogP contribution in [0.2, 0.25) is 0 Å². The van der Waals surface area contributed by atoms with E-state index in [9.17, 15) is 19.3 Å². The van der Waals surface area contributed by atoms with Crippen molar-refractivity contribution in [1.29, 1.82) is 0 Å². The van der Waals surface area contributed by atoms with E-state index in [0.29, 0.717) is 34.1 Å². The van der Waals surface area contributed by atoms with Crippen LogP contribution in [0, 0.1) is 15.9 Å². The highest BCUT2D eigenvalue weighted by atomic mass is 35.5. The first-order chi connectivity index (χ1) is 14.8. The molecule has 172 valence electrons. The van der Waals surface area contributed by atoms with Gasteiger partial charge < -0.3 is 4.90 Å². The summed E-state index contributed by atoms with van der Waals surface area (Å²) in [6.07, 6.45) is 1.08. The second kappa shape index (κ2) is 12.1. The summed E-state index contributed by atoms with van der Waals surface area (Å²) in [5.41, 5.74) is 0.639. The molecule has 1 heterocycles. The molecule has 3 aromatic rings. The van der Waals surface area contributed by atoms with Crippen molar-refractivity contribution in [3.63, 3.8) is 0 Å². The second-order valence-electron chi connectivity index (χ2n) is 7.16. The predicted molar refractivity (Wildman–Crippen MR) is 131 cm³/mol. The molecule has 11 heteroatoms. The predicted octanol–water partition coefficient (Wildman–Crippen LogP) is 5.23. The zero-order valence-electron chi connectivity index (χ0n) is 17.7. The summed E-state index contributed by atoms with van der Waals surface area (Å²) in [5.74, 6) is 0.218. The topological polar surface area (TPSA) is 79.6 Å². The summed E-state index contributed by atoms with van der Waals surface area (Å²) in [6, 6.07) is 10.7. The number of anilines is 1. The van der Waals surface area contributed by atoms with Gasteiger partial charge in [-0.05, 0) is 57.4 Å². The Bertz CT molecular complexity index is 1060. The molecular formula is C21H24ClFN4O3S2. The van der Waals surface area contributed by atoms with Crippen molar-refractivity contribution in [1.82, 2.24) is 9.88 Å². The number of nitrogens with zero attached hydrogens (tertiary/aromatic N) is 4. The normalized spacial score (nSPS) is 10.9. The smallest absolute Gasteiger partial charge is 0.270 e. The van der Waals surface area contributed by atoms with Crippen LogP contribution < -0.4 is 4.90 Å². The van der Waals surface area contributed by atoms with Gasteiger partial charge >= 0.3 is 0 Å². The molecule has 0 N–H and O–H groups in total. The number of aromatic nitrogens is 1. The number of carbonyl (C=O) groups is 1. The molecule has 0 fully saturated rings. The van der Waals surface area contributed by atoms with Crippen molar-refractivity contribution in [2.24, 2.45) is 0 Å². The van der Waals surface area contributed by atoms with Gasteiger partial charge in [0.2, 0.25) is 5.91 Å². The summed E-state index contributed by atoms with van der Waals surface area (Å²) in [5, 5.41) is 11.6. The maximum Gasteiger partial charge on any atom is 0.270 e. The van der Waals surface area contributed by atoms with E-state index in [0.717, 1.165) is 17.9 Å². The van der Waals surface area contributed by atoms with Gasteiger partial charge in [-0.2, -0.15) is 0 Å². The van der Waals surface area contributed by atoms with Crippen molar-refractivity contribution >= 4 is 62.4 Å². The third-order valence-electron chi connectivity index (χ3n) is 4.49. The lowest BCUT2D eigenvalue weighted by Crippen LogP contribution is -2.33. The van der Waals surface area contributed by atoms with E-state index in [1.54, 1.807) is 23.1 Å². The van der Waals surface area contributed by atoms with Crippen LogP contribution in [0.1, 0.15) is 12.8 Å². The zero-order chi connectivity index (χ0) is 22.4. The quantitative estimate of drug-likeness (QED) is 0.216. The molecule has 2 aromatic carbocycles. The number of non-ortho nitro benzene ring substituents is 1. The number of rotatable bonds is 10. The Balaban J connectivity index is 0.00000363. The highest BCUT2D eigenvalue weighted by molar-refractivity contribution is 7.99. The van der Waals surface area contributed by atoms with E-state index >= 15 is 0 Å². The molecule has 32 heavy (non-hydrogen) atoms. The number of halogens is 2. The Kier molecular flexibility index (Phi) is 9.83. The monoisotopic (exact) mass is 498 g/mol. The lowest BCUT2D eigenvalue weighted by Gasteiger charge is -2.21. The molecule has 0 aliphatic heterocycles. The Morgan fingerprint density at radius 1 is 1.19 bits per heavy atom. The molecule has 1 aromatic heterocycles. The number of hydrogen-bond donors (Lipinski definition) is 0. The van der Waals surface area contributed by atoms with Gasteiger partial charge in [-0.3, -0.25) is 19.8 Å². The minimum absolute atomic E-state index is 0. The fourth-order valence-electron chi connectivity index (χ4n) is 2.92. The molecule has 7 nitrogen and oxygen atoms in total. The van der Waals surface area contributed by atoms with Gasteiger partial charge in [0.15, 0.2) is 5.13 Å². The summed E-state index contributed by atoms with van der Waals surface area (Å²) in [7, 11) is 3.95. The minimum atomic E-state index is -0.439. The van der Waals surface area contributed by atoms with Crippen LogP contribution in [0.4, 0.5) is 15.2 Å². The number of thiazole rings is 1. The number of carbonyl (C=O) groups excluding carboxylic acids is 1. The molecule has 0 spiro atoms. The summed E-state index contributed by atoms with van der Waals surface area (Å²) >= 11 is 2.78. The first kappa shape index (κ1) is 26.0. The van der Waals surface area contributed by atoms with E-state index in [-0.39, 0.29) is 29.8 Å². The summed E-state index contributed by atoms with van der Waals surface area (Å²) in [6.45, 7) is 1.34. The molecule has 0 saturated heterocycles. The van der Waals surface area contributed by atoms with Crippen molar-refractivity contribution in [2.45, 2.75) is 17.7 Å². The average molecular weight is 499 g/mol. The van der Waals surface area contributed by atoms with Crippen molar-refractivity contribution in [3.05, 3.63) is 58.4 Å².